The number of halogens is 1. The first-order valence-corrected chi connectivity index (χ1v) is 10.6. The highest BCUT2D eigenvalue weighted by atomic mass is 35.5. The van der Waals surface area contributed by atoms with Crippen LogP contribution < -0.4 is 5.32 Å². The van der Waals surface area contributed by atoms with Gasteiger partial charge >= 0.3 is 0 Å². The van der Waals surface area contributed by atoms with E-state index in [2.05, 4.69) is 5.32 Å². The molecule has 27 heavy (non-hydrogen) atoms. The van der Waals surface area contributed by atoms with Gasteiger partial charge in [-0.05, 0) is 60.9 Å². The van der Waals surface area contributed by atoms with Gasteiger partial charge in [-0.25, -0.2) is 8.42 Å². The van der Waals surface area contributed by atoms with Crippen LogP contribution in [0.5, 0.6) is 0 Å². The molecule has 1 aliphatic rings. The molecular weight excluding hydrogens is 384 g/mol. The lowest BCUT2D eigenvalue weighted by Crippen LogP contribution is -2.35. The standard InChI is InChI=1S/C20H21ClN2O3S/c21-17-7-4-16(5-8-17)6-13-20(24)22-18-9-11-19(12-10-18)27(25,26)23-14-2-1-3-15-23/h4-13H,1-3,14-15H2,(H,22,24). The Hall–Kier alpha value is -2.15. The number of hydrogen-bond donors (Lipinski definition) is 1. The van der Waals surface area contributed by atoms with Gasteiger partial charge in [-0.15, -0.1) is 0 Å². The van der Waals surface area contributed by atoms with Crippen LogP contribution in [0.25, 0.3) is 6.08 Å². The Bertz CT molecular complexity index is 917. The number of nitrogens with zero attached hydrogens (tertiary/aromatic N) is 1. The lowest BCUT2D eigenvalue weighted by molar-refractivity contribution is -0.111. The fourth-order valence-electron chi connectivity index (χ4n) is 2.89. The molecule has 7 heteroatoms. The van der Waals surface area contributed by atoms with Crippen molar-refractivity contribution in [1.82, 2.24) is 4.31 Å². The number of amides is 1. The van der Waals surface area contributed by atoms with Gasteiger partial charge in [0.2, 0.25) is 15.9 Å². The number of carbonyl (C=O) groups excluding carboxylic acids is 1. The number of rotatable bonds is 5. The van der Waals surface area contributed by atoms with Crippen molar-refractivity contribution in [3.8, 4) is 0 Å². The van der Waals surface area contributed by atoms with E-state index in [0.717, 1.165) is 24.8 Å². The van der Waals surface area contributed by atoms with Gasteiger partial charge in [-0.2, -0.15) is 4.31 Å². The minimum Gasteiger partial charge on any atom is -0.323 e. The largest absolute Gasteiger partial charge is 0.323 e. The van der Waals surface area contributed by atoms with Crippen LogP contribution in [0.2, 0.25) is 5.02 Å². The van der Waals surface area contributed by atoms with E-state index in [1.165, 1.54) is 22.5 Å². The van der Waals surface area contributed by atoms with E-state index < -0.39 is 10.0 Å². The highest BCUT2D eigenvalue weighted by Gasteiger charge is 2.25. The van der Waals surface area contributed by atoms with Crippen molar-refractivity contribution in [3.63, 3.8) is 0 Å². The first kappa shape index (κ1) is 19.6. The molecule has 1 N–H and O–H groups in total. The molecule has 0 atom stereocenters. The molecule has 0 aromatic heterocycles. The second-order valence-corrected chi connectivity index (χ2v) is 8.74. The van der Waals surface area contributed by atoms with E-state index in [1.807, 2.05) is 12.1 Å². The van der Waals surface area contributed by atoms with E-state index in [1.54, 1.807) is 30.3 Å². The maximum atomic E-state index is 12.6. The number of piperidine rings is 1. The Labute approximate surface area is 164 Å². The molecule has 1 heterocycles. The topological polar surface area (TPSA) is 66.5 Å². The van der Waals surface area contributed by atoms with Crippen molar-refractivity contribution in [2.45, 2.75) is 24.2 Å². The molecular formula is C20H21ClN2O3S. The molecule has 0 bridgehead atoms. The van der Waals surface area contributed by atoms with Gasteiger partial charge in [0.15, 0.2) is 0 Å². The molecule has 0 aliphatic carbocycles. The number of benzene rings is 2. The zero-order chi connectivity index (χ0) is 19.3. The molecule has 3 rings (SSSR count). The Morgan fingerprint density at radius 3 is 2.22 bits per heavy atom. The summed E-state index contributed by atoms with van der Waals surface area (Å²) in [5.41, 5.74) is 1.40. The summed E-state index contributed by atoms with van der Waals surface area (Å²) in [5.74, 6) is -0.295. The molecule has 0 saturated carbocycles. The van der Waals surface area contributed by atoms with Gasteiger partial charge in [0.1, 0.15) is 0 Å². The lowest BCUT2D eigenvalue weighted by Gasteiger charge is -2.25. The van der Waals surface area contributed by atoms with E-state index in [-0.39, 0.29) is 10.8 Å². The molecule has 0 spiro atoms. The maximum Gasteiger partial charge on any atom is 0.248 e. The fourth-order valence-corrected chi connectivity index (χ4v) is 4.54. The van der Waals surface area contributed by atoms with E-state index in [4.69, 9.17) is 11.6 Å². The number of carbonyl (C=O) groups is 1. The second-order valence-electron chi connectivity index (χ2n) is 6.36. The number of nitrogens with one attached hydrogen (secondary N) is 1. The molecule has 0 unspecified atom stereocenters. The predicted octanol–water partition coefficient (Wildman–Crippen LogP) is 4.17. The normalized spacial score (nSPS) is 15.7. The average Bonchev–Trinajstić information content (AvgIpc) is 2.69. The second kappa shape index (κ2) is 8.69. The van der Waals surface area contributed by atoms with Gasteiger partial charge in [0, 0.05) is 29.9 Å². The first-order chi connectivity index (χ1) is 12.9. The van der Waals surface area contributed by atoms with Crippen molar-refractivity contribution in [2.75, 3.05) is 18.4 Å². The zero-order valence-electron chi connectivity index (χ0n) is 14.8. The zero-order valence-corrected chi connectivity index (χ0v) is 16.3. The van der Waals surface area contributed by atoms with Crippen LogP contribution in [0.1, 0.15) is 24.8 Å². The number of hydrogen-bond acceptors (Lipinski definition) is 3. The van der Waals surface area contributed by atoms with Crippen molar-refractivity contribution in [2.24, 2.45) is 0 Å². The SMILES string of the molecule is O=C(C=Cc1ccc(Cl)cc1)Nc1ccc(S(=O)(=O)N2CCCCC2)cc1. The third-order valence-corrected chi connectivity index (χ3v) is 6.54. The van der Waals surface area contributed by atoms with Crippen LogP contribution in [0.3, 0.4) is 0 Å². The van der Waals surface area contributed by atoms with E-state index in [0.29, 0.717) is 23.8 Å². The maximum absolute atomic E-state index is 12.6. The Morgan fingerprint density at radius 1 is 0.963 bits per heavy atom. The summed E-state index contributed by atoms with van der Waals surface area (Å²) in [7, 11) is -3.46. The fraction of sp³-hybridized carbons (Fsp3) is 0.250. The molecule has 5 nitrogen and oxygen atoms in total. The van der Waals surface area contributed by atoms with Crippen molar-refractivity contribution in [3.05, 3.63) is 65.2 Å². The molecule has 2 aromatic carbocycles. The average molecular weight is 405 g/mol. The van der Waals surface area contributed by atoms with Crippen LogP contribution >= 0.6 is 11.6 Å². The molecule has 1 amide bonds. The summed E-state index contributed by atoms with van der Waals surface area (Å²) in [4.78, 5) is 12.3. The highest BCUT2D eigenvalue weighted by molar-refractivity contribution is 7.89. The van der Waals surface area contributed by atoms with Gasteiger partial charge in [-0.3, -0.25) is 4.79 Å². The minimum atomic E-state index is -3.46. The summed E-state index contributed by atoms with van der Waals surface area (Å²) >= 11 is 5.83. The summed E-state index contributed by atoms with van der Waals surface area (Å²) < 4.78 is 26.8. The summed E-state index contributed by atoms with van der Waals surface area (Å²) in [6.45, 7) is 1.13. The van der Waals surface area contributed by atoms with Gasteiger partial charge in [0.25, 0.3) is 0 Å². The van der Waals surface area contributed by atoms with Gasteiger partial charge in [0.05, 0.1) is 4.90 Å². The Balaban J connectivity index is 1.63. The van der Waals surface area contributed by atoms with Crippen molar-refractivity contribution in [1.29, 1.82) is 0 Å². The van der Waals surface area contributed by atoms with Crippen molar-refractivity contribution < 1.29 is 13.2 Å². The Kier molecular flexibility index (Phi) is 6.31. The van der Waals surface area contributed by atoms with Gasteiger partial charge in [-0.1, -0.05) is 30.2 Å². The van der Waals surface area contributed by atoms with E-state index in [9.17, 15) is 13.2 Å². The van der Waals surface area contributed by atoms with Crippen molar-refractivity contribution >= 4 is 39.3 Å². The monoisotopic (exact) mass is 404 g/mol. The van der Waals surface area contributed by atoms with Crippen LogP contribution in [0.4, 0.5) is 5.69 Å². The summed E-state index contributed by atoms with van der Waals surface area (Å²) in [6.07, 6.45) is 5.96. The summed E-state index contributed by atoms with van der Waals surface area (Å²) in [6, 6.07) is 13.4. The van der Waals surface area contributed by atoms with Crippen LogP contribution in [0.15, 0.2) is 59.5 Å². The quantitative estimate of drug-likeness (QED) is 0.760. The minimum absolute atomic E-state index is 0.249. The smallest absolute Gasteiger partial charge is 0.248 e. The molecule has 1 aliphatic heterocycles. The predicted molar refractivity (Wildman–Crippen MR) is 108 cm³/mol. The van der Waals surface area contributed by atoms with Gasteiger partial charge < -0.3 is 5.32 Å². The number of sulfonamides is 1. The molecule has 1 fully saturated rings. The highest BCUT2D eigenvalue weighted by Crippen LogP contribution is 2.22. The first-order valence-electron chi connectivity index (χ1n) is 8.80. The molecule has 0 radical (unpaired) electrons. The number of anilines is 1. The van der Waals surface area contributed by atoms with Crippen LogP contribution in [0, 0.1) is 0 Å². The molecule has 2 aromatic rings. The third-order valence-electron chi connectivity index (χ3n) is 4.37. The summed E-state index contributed by atoms with van der Waals surface area (Å²) in [5, 5.41) is 3.36. The van der Waals surface area contributed by atoms with Crippen LogP contribution in [-0.2, 0) is 14.8 Å². The molecule has 142 valence electrons. The third kappa shape index (κ3) is 5.19. The van der Waals surface area contributed by atoms with E-state index >= 15 is 0 Å². The molecule has 1 saturated heterocycles. The van der Waals surface area contributed by atoms with Crippen LogP contribution in [-0.4, -0.2) is 31.7 Å². The Morgan fingerprint density at radius 2 is 1.59 bits per heavy atom. The lowest BCUT2D eigenvalue weighted by atomic mass is 10.2.